The zero-order chi connectivity index (χ0) is 19.4. The van der Waals surface area contributed by atoms with Gasteiger partial charge in [0.05, 0.1) is 6.54 Å². The van der Waals surface area contributed by atoms with Crippen molar-refractivity contribution in [1.29, 1.82) is 0 Å². The van der Waals surface area contributed by atoms with Gasteiger partial charge < -0.3 is 4.74 Å². The fourth-order valence-electron chi connectivity index (χ4n) is 7.16. The molecule has 0 heterocycles. The summed E-state index contributed by atoms with van der Waals surface area (Å²) in [6, 6.07) is 0. The molecule has 4 nitrogen and oxygen atoms in total. The fourth-order valence-corrected chi connectivity index (χ4v) is 7.16. The Balaban J connectivity index is 0.00000225. The highest BCUT2D eigenvalue weighted by Gasteiger charge is 2.59. The minimum absolute atomic E-state index is 0. The zero-order valence-electron chi connectivity index (χ0n) is 17.8. The van der Waals surface area contributed by atoms with Crippen molar-refractivity contribution in [3.8, 4) is 0 Å². The molecule has 3 saturated carbocycles. The minimum atomic E-state index is -0.0828. The van der Waals surface area contributed by atoms with Crippen molar-refractivity contribution >= 4 is 24.2 Å². The maximum Gasteiger partial charge on any atom is 0.320 e. The number of ketones is 1. The summed E-state index contributed by atoms with van der Waals surface area (Å²) in [6.07, 6.45) is 10.7. The molecule has 158 valence electrons. The quantitative estimate of drug-likeness (QED) is 0.647. The Morgan fingerprint density at radius 1 is 1.11 bits per heavy atom. The van der Waals surface area contributed by atoms with Crippen LogP contribution in [-0.4, -0.2) is 43.4 Å². The molecular weight excluding hydrogens is 374 g/mol. The maximum atomic E-state index is 12.3. The van der Waals surface area contributed by atoms with Gasteiger partial charge in [-0.3, -0.25) is 14.5 Å². The number of carbonyl (C=O) groups excluding carboxylic acids is 2. The lowest BCUT2D eigenvalue weighted by molar-refractivity contribution is -0.160. The third-order valence-electron chi connectivity index (χ3n) is 8.59. The maximum absolute atomic E-state index is 12.3. The Morgan fingerprint density at radius 3 is 2.57 bits per heavy atom. The van der Waals surface area contributed by atoms with Crippen LogP contribution in [0.25, 0.3) is 0 Å². The second kappa shape index (κ2) is 7.75. The van der Waals surface area contributed by atoms with E-state index in [2.05, 4.69) is 13.8 Å². The standard InChI is InChI=1S/C23H35NO3.ClH/c1-22-11-9-16(25)13-15(22)5-6-17-18-7-8-20(27-21(26)14-24(3)4)23(18,2)12-10-19(17)22;/h13,17-20H,5-12,14H2,1-4H3;1H/t17?,18-,19-,20-,22-,23-;/m0./s1. The summed E-state index contributed by atoms with van der Waals surface area (Å²) in [5.41, 5.74) is 1.78. The number of ether oxygens (including phenoxy) is 1. The van der Waals surface area contributed by atoms with Crippen LogP contribution in [0.15, 0.2) is 11.6 Å². The summed E-state index contributed by atoms with van der Waals surface area (Å²) >= 11 is 0. The van der Waals surface area contributed by atoms with Crippen molar-refractivity contribution in [2.24, 2.45) is 28.6 Å². The normalized spacial score (nSPS) is 42.0. The van der Waals surface area contributed by atoms with Crippen LogP contribution in [0, 0.1) is 28.6 Å². The van der Waals surface area contributed by atoms with Crippen LogP contribution in [0.1, 0.15) is 65.2 Å². The molecule has 0 aliphatic heterocycles. The summed E-state index contributed by atoms with van der Waals surface area (Å²) in [5.74, 6) is 2.32. The van der Waals surface area contributed by atoms with Crippen molar-refractivity contribution < 1.29 is 14.3 Å². The first-order chi connectivity index (χ1) is 12.7. The summed E-state index contributed by atoms with van der Waals surface area (Å²) in [6.45, 7) is 5.17. The van der Waals surface area contributed by atoms with Crippen LogP contribution in [0.4, 0.5) is 0 Å². The van der Waals surface area contributed by atoms with Gasteiger partial charge in [-0.05, 0) is 88.3 Å². The molecule has 0 radical (unpaired) electrons. The molecule has 1 unspecified atom stereocenters. The van der Waals surface area contributed by atoms with E-state index in [1.807, 2.05) is 25.1 Å². The third-order valence-corrected chi connectivity index (χ3v) is 8.59. The Labute approximate surface area is 175 Å². The van der Waals surface area contributed by atoms with Crippen LogP contribution in [-0.2, 0) is 14.3 Å². The van der Waals surface area contributed by atoms with E-state index in [-0.39, 0.29) is 35.3 Å². The molecule has 0 bridgehead atoms. The molecule has 4 aliphatic carbocycles. The molecule has 0 amide bonds. The van der Waals surface area contributed by atoms with Gasteiger partial charge in [0.25, 0.3) is 0 Å². The van der Waals surface area contributed by atoms with Gasteiger partial charge in [0.15, 0.2) is 5.78 Å². The van der Waals surface area contributed by atoms with Gasteiger partial charge >= 0.3 is 5.97 Å². The number of hydrogen-bond donors (Lipinski definition) is 0. The SMILES string of the molecule is CN(C)CC(=O)O[C@H]1CC[C@H]2C3CCC4=CC(=O)CC[C@]4(C)[C@H]3CC[C@]12C.Cl. The molecule has 0 saturated heterocycles. The van der Waals surface area contributed by atoms with Crippen molar-refractivity contribution in [2.45, 2.75) is 71.3 Å². The number of allylic oxidation sites excluding steroid dienone is 1. The van der Waals surface area contributed by atoms with Crippen molar-refractivity contribution in [2.75, 3.05) is 20.6 Å². The second-order valence-electron chi connectivity index (χ2n) is 10.3. The van der Waals surface area contributed by atoms with E-state index < -0.39 is 0 Å². The average Bonchev–Trinajstić information content (AvgIpc) is 2.91. The first-order valence-electron chi connectivity index (χ1n) is 10.8. The molecule has 0 aromatic rings. The van der Waals surface area contributed by atoms with E-state index in [1.165, 1.54) is 24.8 Å². The highest BCUT2D eigenvalue weighted by molar-refractivity contribution is 5.91. The minimum Gasteiger partial charge on any atom is -0.461 e. The lowest BCUT2D eigenvalue weighted by Gasteiger charge is -2.57. The molecule has 3 fully saturated rings. The number of esters is 1. The lowest BCUT2D eigenvalue weighted by Crippen LogP contribution is -2.51. The molecule has 0 aromatic heterocycles. The van der Waals surface area contributed by atoms with E-state index >= 15 is 0 Å². The summed E-state index contributed by atoms with van der Waals surface area (Å²) in [4.78, 5) is 26.1. The van der Waals surface area contributed by atoms with E-state index in [0.29, 0.717) is 24.2 Å². The van der Waals surface area contributed by atoms with Gasteiger partial charge in [-0.15, -0.1) is 12.4 Å². The van der Waals surface area contributed by atoms with Gasteiger partial charge in [-0.1, -0.05) is 19.4 Å². The number of carbonyl (C=O) groups is 2. The number of hydrogen-bond acceptors (Lipinski definition) is 4. The topological polar surface area (TPSA) is 46.6 Å². The molecule has 28 heavy (non-hydrogen) atoms. The van der Waals surface area contributed by atoms with Crippen LogP contribution in [0.3, 0.4) is 0 Å². The number of nitrogens with zero attached hydrogens (tertiary/aromatic N) is 1. The highest BCUT2D eigenvalue weighted by atomic mass is 35.5. The van der Waals surface area contributed by atoms with Gasteiger partial charge in [0, 0.05) is 11.8 Å². The number of likely N-dealkylation sites (N-methyl/N-ethyl adjacent to an activating group) is 1. The highest BCUT2D eigenvalue weighted by Crippen LogP contribution is 2.65. The van der Waals surface area contributed by atoms with Crippen LogP contribution in [0.5, 0.6) is 0 Å². The number of halogens is 1. The van der Waals surface area contributed by atoms with Crippen molar-refractivity contribution in [1.82, 2.24) is 4.90 Å². The van der Waals surface area contributed by atoms with E-state index in [9.17, 15) is 9.59 Å². The van der Waals surface area contributed by atoms with E-state index in [4.69, 9.17) is 4.74 Å². The Hall–Kier alpha value is -0.870. The monoisotopic (exact) mass is 409 g/mol. The Bertz CT molecular complexity index is 675. The summed E-state index contributed by atoms with van der Waals surface area (Å²) in [7, 11) is 3.82. The van der Waals surface area contributed by atoms with Gasteiger partial charge in [0.1, 0.15) is 6.10 Å². The molecule has 4 rings (SSSR count). The largest absolute Gasteiger partial charge is 0.461 e. The van der Waals surface area contributed by atoms with Crippen LogP contribution in [0.2, 0.25) is 0 Å². The predicted octanol–water partition coefficient (Wildman–Crippen LogP) is 4.41. The fraction of sp³-hybridized carbons (Fsp3) is 0.826. The van der Waals surface area contributed by atoms with Crippen LogP contribution >= 0.6 is 12.4 Å². The Kier molecular flexibility index (Phi) is 6.05. The second-order valence-corrected chi connectivity index (χ2v) is 10.3. The summed E-state index contributed by atoms with van der Waals surface area (Å²) in [5, 5.41) is 0. The molecule has 5 heteroatoms. The predicted molar refractivity (Wildman–Crippen MR) is 112 cm³/mol. The Morgan fingerprint density at radius 2 is 1.86 bits per heavy atom. The number of fused-ring (bicyclic) bond motifs is 5. The molecule has 4 aliphatic rings. The van der Waals surface area contributed by atoms with Crippen molar-refractivity contribution in [3.63, 3.8) is 0 Å². The smallest absolute Gasteiger partial charge is 0.320 e. The first-order valence-corrected chi connectivity index (χ1v) is 10.8. The number of rotatable bonds is 3. The molecular formula is C23H36ClNO3. The molecule has 6 atom stereocenters. The third kappa shape index (κ3) is 3.45. The lowest BCUT2D eigenvalue weighted by atomic mass is 9.47. The molecule has 0 aromatic carbocycles. The first kappa shape index (κ1) is 21.8. The zero-order valence-corrected chi connectivity index (χ0v) is 18.6. The van der Waals surface area contributed by atoms with E-state index in [1.54, 1.807) is 0 Å². The van der Waals surface area contributed by atoms with Crippen molar-refractivity contribution in [3.05, 3.63) is 11.6 Å². The van der Waals surface area contributed by atoms with Gasteiger partial charge in [-0.25, -0.2) is 0 Å². The summed E-state index contributed by atoms with van der Waals surface area (Å²) < 4.78 is 5.98. The van der Waals surface area contributed by atoms with Gasteiger partial charge in [-0.2, -0.15) is 0 Å². The van der Waals surface area contributed by atoms with Gasteiger partial charge in [0.2, 0.25) is 0 Å². The van der Waals surface area contributed by atoms with Crippen LogP contribution < -0.4 is 0 Å². The molecule has 0 N–H and O–H groups in total. The van der Waals surface area contributed by atoms with E-state index in [0.717, 1.165) is 38.0 Å². The molecule has 0 spiro atoms. The average molecular weight is 410 g/mol.